The number of rotatable bonds is 7. The van der Waals surface area contributed by atoms with Gasteiger partial charge in [0.2, 0.25) is 0 Å². The summed E-state index contributed by atoms with van der Waals surface area (Å²) in [5, 5.41) is 0. The van der Waals surface area contributed by atoms with Gasteiger partial charge in [-0.2, -0.15) is 0 Å². The van der Waals surface area contributed by atoms with Gasteiger partial charge in [-0.25, -0.2) is 0 Å². The van der Waals surface area contributed by atoms with Crippen LogP contribution in [0.4, 0.5) is 0 Å². The number of benzene rings is 1. The van der Waals surface area contributed by atoms with E-state index in [9.17, 15) is 0 Å². The topological polar surface area (TPSA) is 16.1 Å². The summed E-state index contributed by atoms with van der Waals surface area (Å²) in [5.41, 5.74) is 2.72. The molecule has 0 fully saturated rings. The van der Waals surface area contributed by atoms with Gasteiger partial charge in [-0.15, -0.1) is 11.3 Å². The van der Waals surface area contributed by atoms with Gasteiger partial charge >= 0.3 is 0 Å². The lowest BCUT2D eigenvalue weighted by Gasteiger charge is -2.22. The minimum atomic E-state index is 0.965. The molecular formula is C20H22N2S. The quantitative estimate of drug-likeness (QED) is 0.627. The first kappa shape index (κ1) is 15.9. The minimum absolute atomic E-state index is 0.965. The van der Waals surface area contributed by atoms with Crippen molar-refractivity contribution in [3.63, 3.8) is 0 Å². The molecule has 0 spiro atoms. The lowest BCUT2D eigenvalue weighted by molar-refractivity contribution is 0.262. The van der Waals surface area contributed by atoms with Crippen molar-refractivity contribution < 1.29 is 0 Å². The van der Waals surface area contributed by atoms with Crippen molar-refractivity contribution in [2.75, 3.05) is 6.54 Å². The highest BCUT2D eigenvalue weighted by Crippen LogP contribution is 2.18. The highest BCUT2D eigenvalue weighted by atomic mass is 32.1. The van der Waals surface area contributed by atoms with Crippen LogP contribution in [-0.4, -0.2) is 16.4 Å². The molecule has 0 N–H and O–H groups in total. The van der Waals surface area contributed by atoms with E-state index in [-0.39, 0.29) is 0 Å². The molecule has 0 radical (unpaired) electrons. The maximum absolute atomic E-state index is 4.12. The van der Waals surface area contributed by atoms with Crippen molar-refractivity contribution in [2.24, 2.45) is 0 Å². The Morgan fingerprint density at radius 1 is 0.870 bits per heavy atom. The third kappa shape index (κ3) is 5.02. The Morgan fingerprint density at radius 2 is 1.65 bits per heavy atom. The number of aryl methyl sites for hydroxylation is 1. The fourth-order valence-corrected chi connectivity index (χ4v) is 3.62. The molecule has 0 atom stereocenters. The Balaban J connectivity index is 1.67. The van der Waals surface area contributed by atoms with Crippen LogP contribution in [-0.2, 0) is 19.5 Å². The van der Waals surface area contributed by atoms with Crippen LogP contribution in [0.25, 0.3) is 0 Å². The third-order valence-corrected chi connectivity index (χ3v) is 4.88. The number of pyridine rings is 1. The van der Waals surface area contributed by atoms with Crippen LogP contribution in [0.5, 0.6) is 0 Å². The summed E-state index contributed by atoms with van der Waals surface area (Å²) in [6.45, 7) is 5.20. The molecule has 1 aromatic carbocycles. The average Bonchev–Trinajstić information content (AvgIpc) is 2.99. The van der Waals surface area contributed by atoms with Crippen LogP contribution in [0.3, 0.4) is 0 Å². The maximum Gasteiger partial charge on any atom is 0.0331 e. The molecule has 0 amide bonds. The molecule has 2 nitrogen and oxygen atoms in total. The fourth-order valence-electron chi connectivity index (χ4n) is 2.68. The molecule has 118 valence electrons. The van der Waals surface area contributed by atoms with Crippen molar-refractivity contribution in [2.45, 2.75) is 26.4 Å². The van der Waals surface area contributed by atoms with Crippen LogP contribution in [0.2, 0.25) is 0 Å². The Morgan fingerprint density at radius 3 is 2.35 bits per heavy atom. The van der Waals surface area contributed by atoms with Crippen molar-refractivity contribution >= 4 is 11.3 Å². The molecule has 0 aliphatic carbocycles. The van der Waals surface area contributed by atoms with Crippen molar-refractivity contribution in [3.8, 4) is 0 Å². The lowest BCUT2D eigenvalue weighted by atomic mass is 10.1. The highest BCUT2D eigenvalue weighted by Gasteiger charge is 2.09. The van der Waals surface area contributed by atoms with E-state index in [1.54, 1.807) is 0 Å². The average molecular weight is 322 g/mol. The number of hydrogen-bond donors (Lipinski definition) is 0. The van der Waals surface area contributed by atoms with Crippen molar-refractivity contribution in [3.05, 3.63) is 87.9 Å². The van der Waals surface area contributed by atoms with E-state index >= 15 is 0 Å². The van der Waals surface area contributed by atoms with Gasteiger partial charge in [0.05, 0.1) is 0 Å². The molecule has 0 bridgehead atoms. The predicted molar refractivity (Wildman–Crippen MR) is 97.6 cm³/mol. The van der Waals surface area contributed by atoms with E-state index < -0.39 is 0 Å². The van der Waals surface area contributed by atoms with E-state index in [4.69, 9.17) is 0 Å². The smallest absolute Gasteiger partial charge is 0.0331 e. The van der Waals surface area contributed by atoms with Gasteiger partial charge in [0.1, 0.15) is 0 Å². The summed E-state index contributed by atoms with van der Waals surface area (Å²) in [6.07, 6.45) is 4.83. The molecule has 0 saturated heterocycles. The summed E-state index contributed by atoms with van der Waals surface area (Å²) >= 11 is 1.89. The zero-order chi connectivity index (χ0) is 15.9. The van der Waals surface area contributed by atoms with Gasteiger partial charge in [0, 0.05) is 41.8 Å². The second kappa shape index (κ2) is 8.04. The SMILES string of the molecule is Cc1ccc(CN(CCc2ccccc2)Cc2ccncc2)s1. The first-order chi connectivity index (χ1) is 11.3. The third-order valence-electron chi connectivity index (χ3n) is 3.89. The normalized spacial score (nSPS) is 11.0. The summed E-state index contributed by atoms with van der Waals surface area (Å²) in [6, 6.07) is 19.4. The van der Waals surface area contributed by atoms with Crippen LogP contribution in [0.15, 0.2) is 67.0 Å². The number of hydrogen-bond acceptors (Lipinski definition) is 3. The van der Waals surface area contributed by atoms with Gasteiger partial charge in [0.15, 0.2) is 0 Å². The van der Waals surface area contributed by atoms with E-state index in [2.05, 4.69) is 71.4 Å². The molecule has 3 rings (SSSR count). The standard InChI is InChI=1S/C20H22N2S/c1-17-7-8-20(23-17)16-22(15-19-9-12-21-13-10-19)14-11-18-5-3-2-4-6-18/h2-10,12-13H,11,14-16H2,1H3. The number of nitrogens with zero attached hydrogens (tertiary/aromatic N) is 2. The molecular weight excluding hydrogens is 300 g/mol. The monoisotopic (exact) mass is 322 g/mol. The Kier molecular flexibility index (Phi) is 5.56. The van der Waals surface area contributed by atoms with Gasteiger partial charge in [-0.3, -0.25) is 9.88 Å². The zero-order valence-corrected chi connectivity index (χ0v) is 14.3. The molecule has 23 heavy (non-hydrogen) atoms. The molecule has 3 heteroatoms. The second-order valence-electron chi connectivity index (χ2n) is 5.81. The minimum Gasteiger partial charge on any atom is -0.294 e. The van der Waals surface area contributed by atoms with Crippen LogP contribution >= 0.6 is 11.3 Å². The molecule has 0 aliphatic heterocycles. The summed E-state index contributed by atoms with van der Waals surface area (Å²) in [5.74, 6) is 0. The number of aromatic nitrogens is 1. The van der Waals surface area contributed by atoms with E-state index in [1.807, 2.05) is 23.7 Å². The first-order valence-corrected chi connectivity index (χ1v) is 8.82. The molecule has 2 aromatic heterocycles. The van der Waals surface area contributed by atoms with E-state index in [0.29, 0.717) is 0 Å². The van der Waals surface area contributed by atoms with Crippen LogP contribution in [0.1, 0.15) is 20.9 Å². The van der Waals surface area contributed by atoms with Crippen molar-refractivity contribution in [1.82, 2.24) is 9.88 Å². The largest absolute Gasteiger partial charge is 0.294 e. The van der Waals surface area contributed by atoms with Crippen LogP contribution in [0, 0.1) is 6.92 Å². The second-order valence-corrected chi connectivity index (χ2v) is 7.19. The van der Waals surface area contributed by atoms with E-state index in [1.165, 1.54) is 20.9 Å². The van der Waals surface area contributed by atoms with Gasteiger partial charge in [-0.05, 0) is 48.7 Å². The highest BCUT2D eigenvalue weighted by molar-refractivity contribution is 7.11. The summed E-state index contributed by atoms with van der Waals surface area (Å²) in [4.78, 5) is 9.45. The molecule has 0 aliphatic rings. The summed E-state index contributed by atoms with van der Waals surface area (Å²) in [7, 11) is 0. The predicted octanol–water partition coefficient (Wildman–Crippen LogP) is 4.70. The first-order valence-electron chi connectivity index (χ1n) is 8.00. The molecule has 0 unspecified atom stereocenters. The molecule has 0 saturated carbocycles. The molecule has 2 heterocycles. The Labute approximate surface area is 142 Å². The van der Waals surface area contributed by atoms with E-state index in [0.717, 1.165) is 26.1 Å². The van der Waals surface area contributed by atoms with Crippen LogP contribution < -0.4 is 0 Å². The maximum atomic E-state index is 4.12. The summed E-state index contributed by atoms with van der Waals surface area (Å²) < 4.78 is 0. The van der Waals surface area contributed by atoms with Gasteiger partial charge < -0.3 is 0 Å². The Bertz CT molecular complexity index is 707. The van der Waals surface area contributed by atoms with Gasteiger partial charge in [0.25, 0.3) is 0 Å². The zero-order valence-electron chi connectivity index (χ0n) is 13.5. The lowest BCUT2D eigenvalue weighted by Crippen LogP contribution is -2.25. The van der Waals surface area contributed by atoms with Crippen molar-refractivity contribution in [1.29, 1.82) is 0 Å². The number of thiophene rings is 1. The molecule has 3 aromatic rings. The van der Waals surface area contributed by atoms with Gasteiger partial charge in [-0.1, -0.05) is 30.3 Å². The Hall–Kier alpha value is -1.97. The fraction of sp³-hybridized carbons (Fsp3) is 0.250.